The van der Waals surface area contributed by atoms with Crippen LogP contribution in [0.1, 0.15) is 43.6 Å². The summed E-state index contributed by atoms with van der Waals surface area (Å²) in [6.45, 7) is 1.79. The monoisotopic (exact) mass is 453 g/mol. The fraction of sp³-hybridized carbons (Fsp3) is 0.619. The van der Waals surface area contributed by atoms with E-state index in [4.69, 9.17) is 4.74 Å². The SMILES string of the molecule is O=C1NC(=O)C(CC2CCOCC2)(CS(=O)(=O)N2CCC(c3ccc(F)cc3)CC2)N1. The van der Waals surface area contributed by atoms with Crippen LogP contribution in [0.2, 0.25) is 0 Å². The van der Waals surface area contributed by atoms with Crippen molar-refractivity contribution in [3.05, 3.63) is 35.6 Å². The molecular weight excluding hydrogens is 425 g/mol. The summed E-state index contributed by atoms with van der Waals surface area (Å²) in [6.07, 6.45) is 2.98. The Morgan fingerprint density at radius 3 is 2.29 bits per heavy atom. The summed E-state index contributed by atoms with van der Waals surface area (Å²) in [7, 11) is -3.78. The molecule has 0 aromatic heterocycles. The molecule has 1 aromatic rings. The van der Waals surface area contributed by atoms with Gasteiger partial charge in [-0.2, -0.15) is 0 Å². The largest absolute Gasteiger partial charge is 0.381 e. The van der Waals surface area contributed by atoms with Crippen LogP contribution in [0.15, 0.2) is 24.3 Å². The molecule has 3 saturated heterocycles. The van der Waals surface area contributed by atoms with Crippen molar-refractivity contribution in [3.63, 3.8) is 0 Å². The van der Waals surface area contributed by atoms with E-state index in [1.165, 1.54) is 16.4 Å². The zero-order chi connectivity index (χ0) is 22.1. The van der Waals surface area contributed by atoms with Crippen molar-refractivity contribution < 1.29 is 27.1 Å². The van der Waals surface area contributed by atoms with E-state index in [2.05, 4.69) is 10.6 Å². The zero-order valence-corrected chi connectivity index (χ0v) is 18.1. The van der Waals surface area contributed by atoms with Gasteiger partial charge < -0.3 is 10.1 Å². The van der Waals surface area contributed by atoms with Crippen LogP contribution >= 0.6 is 0 Å². The fourth-order valence-electron chi connectivity index (χ4n) is 4.88. The molecule has 0 radical (unpaired) electrons. The molecule has 1 atom stereocenters. The fourth-order valence-corrected chi connectivity index (χ4v) is 6.77. The first-order valence-corrected chi connectivity index (χ1v) is 12.3. The molecule has 1 aromatic carbocycles. The second-order valence-corrected chi connectivity index (χ2v) is 10.7. The van der Waals surface area contributed by atoms with Gasteiger partial charge >= 0.3 is 6.03 Å². The van der Waals surface area contributed by atoms with E-state index in [9.17, 15) is 22.4 Å². The van der Waals surface area contributed by atoms with Crippen LogP contribution in [0.3, 0.4) is 0 Å². The van der Waals surface area contributed by atoms with Gasteiger partial charge in [-0.25, -0.2) is 21.9 Å². The van der Waals surface area contributed by atoms with Gasteiger partial charge in [-0.15, -0.1) is 0 Å². The van der Waals surface area contributed by atoms with Gasteiger partial charge in [0.05, 0.1) is 5.75 Å². The number of imide groups is 1. The van der Waals surface area contributed by atoms with E-state index in [1.54, 1.807) is 12.1 Å². The molecule has 170 valence electrons. The molecule has 31 heavy (non-hydrogen) atoms. The van der Waals surface area contributed by atoms with Crippen molar-refractivity contribution in [2.24, 2.45) is 5.92 Å². The molecule has 8 nitrogen and oxygen atoms in total. The number of halogens is 1. The second kappa shape index (κ2) is 8.84. The number of piperidine rings is 1. The van der Waals surface area contributed by atoms with Crippen LogP contribution in [-0.4, -0.2) is 62.3 Å². The molecule has 1 unspecified atom stereocenters. The number of urea groups is 1. The third-order valence-electron chi connectivity index (χ3n) is 6.61. The summed E-state index contributed by atoms with van der Waals surface area (Å²) >= 11 is 0. The van der Waals surface area contributed by atoms with Crippen molar-refractivity contribution in [1.29, 1.82) is 0 Å². The van der Waals surface area contributed by atoms with E-state index in [1.807, 2.05) is 0 Å². The number of hydrogen-bond acceptors (Lipinski definition) is 5. The Morgan fingerprint density at radius 2 is 1.71 bits per heavy atom. The number of rotatable bonds is 6. The molecule has 2 N–H and O–H groups in total. The van der Waals surface area contributed by atoms with Crippen LogP contribution in [0, 0.1) is 11.7 Å². The van der Waals surface area contributed by atoms with Gasteiger partial charge in [0.15, 0.2) is 0 Å². The molecule has 10 heteroatoms. The molecule has 3 heterocycles. The molecule has 0 aliphatic carbocycles. The summed E-state index contributed by atoms with van der Waals surface area (Å²) in [6, 6.07) is 5.67. The molecule has 4 rings (SSSR count). The Labute approximate surface area is 181 Å². The first-order valence-electron chi connectivity index (χ1n) is 10.7. The molecule has 0 saturated carbocycles. The van der Waals surface area contributed by atoms with Crippen molar-refractivity contribution in [1.82, 2.24) is 14.9 Å². The number of hydrogen-bond donors (Lipinski definition) is 2. The molecule has 3 fully saturated rings. The standard InChI is InChI=1S/C21H28FN3O5S/c22-18-3-1-16(2-4-18)17-5-9-25(10-6-17)31(28,29)14-21(19(26)23-20(27)24-21)13-15-7-11-30-12-8-15/h1-4,15,17H,5-14H2,(H2,23,24,26,27). The molecule has 3 aliphatic heterocycles. The molecular formula is C21H28FN3O5S. The number of nitrogens with zero attached hydrogens (tertiary/aromatic N) is 1. The number of benzene rings is 1. The van der Waals surface area contributed by atoms with Crippen molar-refractivity contribution in [2.75, 3.05) is 32.1 Å². The minimum Gasteiger partial charge on any atom is -0.381 e. The van der Waals surface area contributed by atoms with E-state index >= 15 is 0 Å². The minimum absolute atomic E-state index is 0.109. The predicted molar refractivity (Wildman–Crippen MR) is 111 cm³/mol. The summed E-state index contributed by atoms with van der Waals surface area (Å²) in [5.74, 6) is -1.05. The lowest BCUT2D eigenvalue weighted by Gasteiger charge is -2.36. The minimum atomic E-state index is -3.78. The Bertz CT molecular complexity index is 925. The van der Waals surface area contributed by atoms with Gasteiger partial charge in [0, 0.05) is 26.3 Å². The topological polar surface area (TPSA) is 105 Å². The predicted octanol–water partition coefficient (Wildman–Crippen LogP) is 1.73. The van der Waals surface area contributed by atoms with Crippen LogP contribution < -0.4 is 10.6 Å². The summed E-state index contributed by atoms with van der Waals surface area (Å²) in [5.41, 5.74) is -0.456. The van der Waals surface area contributed by atoms with Crippen LogP contribution in [0.4, 0.5) is 9.18 Å². The van der Waals surface area contributed by atoms with Gasteiger partial charge in [0.2, 0.25) is 10.0 Å². The normalized spacial score (nSPS) is 26.6. The van der Waals surface area contributed by atoms with Crippen molar-refractivity contribution in [2.45, 2.75) is 43.6 Å². The summed E-state index contributed by atoms with van der Waals surface area (Å²) < 4.78 is 46.4. The summed E-state index contributed by atoms with van der Waals surface area (Å²) in [4.78, 5) is 24.6. The Morgan fingerprint density at radius 1 is 1.06 bits per heavy atom. The maximum atomic E-state index is 13.2. The number of sulfonamides is 1. The molecule has 0 spiro atoms. The highest BCUT2D eigenvalue weighted by Gasteiger charge is 2.51. The highest BCUT2D eigenvalue weighted by Crippen LogP contribution is 2.33. The number of carbonyl (C=O) groups is 2. The zero-order valence-electron chi connectivity index (χ0n) is 17.3. The summed E-state index contributed by atoms with van der Waals surface area (Å²) in [5, 5.41) is 4.84. The quantitative estimate of drug-likeness (QED) is 0.639. The Hall–Kier alpha value is -2.04. The third-order valence-corrected chi connectivity index (χ3v) is 8.62. The maximum Gasteiger partial charge on any atom is 0.322 e. The number of carbonyl (C=O) groups excluding carboxylic acids is 2. The lowest BCUT2D eigenvalue weighted by Crippen LogP contribution is -2.56. The van der Waals surface area contributed by atoms with Crippen molar-refractivity contribution in [3.8, 4) is 0 Å². The van der Waals surface area contributed by atoms with E-state index in [0.717, 1.165) is 18.4 Å². The molecule has 0 bridgehead atoms. The van der Waals surface area contributed by atoms with E-state index in [-0.39, 0.29) is 24.1 Å². The van der Waals surface area contributed by atoms with Crippen molar-refractivity contribution >= 4 is 22.0 Å². The van der Waals surface area contributed by atoms with Crippen LogP contribution in [0.25, 0.3) is 0 Å². The lowest BCUT2D eigenvalue weighted by molar-refractivity contribution is -0.124. The molecule has 3 amide bonds. The smallest absolute Gasteiger partial charge is 0.322 e. The number of amides is 3. The van der Waals surface area contributed by atoms with Gasteiger partial charge in [-0.05, 0) is 61.6 Å². The van der Waals surface area contributed by atoms with Crippen LogP contribution in [0.5, 0.6) is 0 Å². The lowest BCUT2D eigenvalue weighted by atomic mass is 9.84. The third kappa shape index (κ3) is 4.91. The first-order chi connectivity index (χ1) is 14.8. The molecule has 3 aliphatic rings. The maximum absolute atomic E-state index is 13.2. The second-order valence-electron chi connectivity index (χ2n) is 8.73. The van der Waals surface area contributed by atoms with Gasteiger partial charge in [0.25, 0.3) is 5.91 Å². The van der Waals surface area contributed by atoms with Gasteiger partial charge in [-0.3, -0.25) is 10.1 Å². The Kier molecular flexibility index (Phi) is 6.32. The number of nitrogens with one attached hydrogen (secondary N) is 2. The van der Waals surface area contributed by atoms with Gasteiger partial charge in [0.1, 0.15) is 11.4 Å². The van der Waals surface area contributed by atoms with Gasteiger partial charge in [-0.1, -0.05) is 12.1 Å². The average Bonchev–Trinajstić information content (AvgIpc) is 3.01. The first kappa shape index (κ1) is 22.2. The highest BCUT2D eigenvalue weighted by molar-refractivity contribution is 7.89. The average molecular weight is 454 g/mol. The van der Waals surface area contributed by atoms with E-state index < -0.39 is 33.3 Å². The van der Waals surface area contributed by atoms with E-state index in [0.29, 0.717) is 39.1 Å². The van der Waals surface area contributed by atoms with Crippen LogP contribution in [-0.2, 0) is 19.6 Å². The highest BCUT2D eigenvalue weighted by atomic mass is 32.2. The number of ether oxygens (including phenoxy) is 1. The Balaban J connectivity index is 1.45.